The fourth-order valence-electron chi connectivity index (χ4n) is 3.48. The summed E-state index contributed by atoms with van der Waals surface area (Å²) in [4.78, 5) is 38.0. The van der Waals surface area contributed by atoms with E-state index in [0.29, 0.717) is 17.6 Å². The van der Waals surface area contributed by atoms with E-state index in [1.165, 1.54) is 0 Å². The van der Waals surface area contributed by atoms with Gasteiger partial charge in [0.15, 0.2) is 0 Å². The Bertz CT molecular complexity index is 923. The van der Waals surface area contributed by atoms with E-state index in [4.69, 9.17) is 5.73 Å². The Kier molecular flexibility index (Phi) is 7.24. The zero-order chi connectivity index (χ0) is 21.8. The first kappa shape index (κ1) is 22.7. The Morgan fingerprint density at radius 2 is 1.79 bits per heavy atom. The van der Waals surface area contributed by atoms with Crippen LogP contribution in [0.25, 0.3) is 11.0 Å². The maximum atomic E-state index is 13.2. The predicted octanol–water partition coefficient (Wildman–Crippen LogP) is 2.04. The maximum absolute atomic E-state index is 13.2. The number of amides is 2. The summed E-state index contributed by atoms with van der Waals surface area (Å²) in [6, 6.07) is 5.71. The van der Waals surface area contributed by atoms with Crippen LogP contribution < -0.4 is 22.1 Å². The van der Waals surface area contributed by atoms with Crippen LogP contribution in [0.4, 0.5) is 4.79 Å². The van der Waals surface area contributed by atoms with Gasteiger partial charge in [0.2, 0.25) is 5.91 Å². The highest BCUT2D eigenvalue weighted by atomic mass is 16.2. The molecular formula is C21H33N5O3. The lowest BCUT2D eigenvalue weighted by molar-refractivity contribution is -0.122. The quantitative estimate of drug-likeness (QED) is 0.626. The summed E-state index contributed by atoms with van der Waals surface area (Å²) in [6.07, 6.45) is 3.04. The molecule has 1 aromatic heterocycles. The van der Waals surface area contributed by atoms with Crippen LogP contribution in [-0.2, 0) is 11.3 Å². The van der Waals surface area contributed by atoms with Gasteiger partial charge in [0.1, 0.15) is 6.04 Å². The van der Waals surface area contributed by atoms with Crippen molar-refractivity contribution in [2.45, 2.75) is 65.6 Å². The second-order valence-electron chi connectivity index (χ2n) is 8.50. The third-order valence-electron chi connectivity index (χ3n) is 5.17. The first-order chi connectivity index (χ1) is 13.6. The number of likely N-dealkylation sites (N-methyl/N-ethyl adjacent to an activating group) is 1. The zero-order valence-electron chi connectivity index (χ0n) is 18.0. The number of aromatic nitrogens is 2. The largest absolute Gasteiger partial charge is 0.368 e. The van der Waals surface area contributed by atoms with Crippen LogP contribution in [0.3, 0.4) is 0 Å². The summed E-state index contributed by atoms with van der Waals surface area (Å²) in [5, 5.41) is 5.89. The Labute approximate surface area is 171 Å². The molecule has 8 heteroatoms. The Morgan fingerprint density at radius 3 is 2.31 bits per heavy atom. The van der Waals surface area contributed by atoms with E-state index in [0.717, 1.165) is 23.8 Å². The monoisotopic (exact) mass is 403 g/mol. The van der Waals surface area contributed by atoms with Crippen molar-refractivity contribution in [1.82, 2.24) is 19.8 Å². The highest BCUT2D eigenvalue weighted by Gasteiger charge is 2.32. The van der Waals surface area contributed by atoms with Gasteiger partial charge in [0, 0.05) is 12.6 Å². The van der Waals surface area contributed by atoms with Gasteiger partial charge in [-0.05, 0) is 31.0 Å². The number of benzene rings is 1. The number of nitrogens with zero attached hydrogens (tertiary/aromatic N) is 2. The molecule has 0 saturated heterocycles. The molecule has 29 heavy (non-hydrogen) atoms. The van der Waals surface area contributed by atoms with Crippen LogP contribution >= 0.6 is 0 Å². The topological polar surface area (TPSA) is 111 Å². The number of hydrogen-bond donors (Lipinski definition) is 3. The van der Waals surface area contributed by atoms with Crippen LogP contribution in [0.15, 0.2) is 29.1 Å². The Hall–Kier alpha value is -2.61. The molecule has 1 heterocycles. The molecule has 0 aliphatic carbocycles. The van der Waals surface area contributed by atoms with Gasteiger partial charge in [0.05, 0.1) is 11.0 Å². The number of para-hydroxylation sites is 2. The third-order valence-corrected chi connectivity index (χ3v) is 5.17. The smallest absolute Gasteiger partial charge is 0.337 e. The van der Waals surface area contributed by atoms with Crippen molar-refractivity contribution >= 4 is 23.0 Å². The molecule has 8 nitrogen and oxygen atoms in total. The molecule has 1 aromatic carbocycles. The van der Waals surface area contributed by atoms with Crippen molar-refractivity contribution < 1.29 is 9.59 Å². The van der Waals surface area contributed by atoms with Crippen LogP contribution in [0.1, 0.15) is 47.0 Å². The summed E-state index contributed by atoms with van der Waals surface area (Å²) in [5.74, 6) is -0.641. The van der Waals surface area contributed by atoms with Gasteiger partial charge in [-0.25, -0.2) is 14.2 Å². The molecule has 0 aliphatic heterocycles. The number of carbonyl (C=O) groups excluding carboxylic acids is 2. The van der Waals surface area contributed by atoms with E-state index in [1.54, 1.807) is 37.5 Å². The summed E-state index contributed by atoms with van der Waals surface area (Å²) in [7, 11) is 1.87. The van der Waals surface area contributed by atoms with Crippen molar-refractivity contribution in [1.29, 1.82) is 0 Å². The average Bonchev–Trinajstić information content (AvgIpc) is 2.93. The Morgan fingerprint density at radius 1 is 1.17 bits per heavy atom. The normalized spacial score (nSPS) is 14.0. The predicted molar refractivity (Wildman–Crippen MR) is 115 cm³/mol. The summed E-state index contributed by atoms with van der Waals surface area (Å²) in [6.45, 7) is 7.99. The minimum atomic E-state index is -0.904. The number of hydrogen-bond acceptors (Lipinski definition) is 4. The first-order valence-corrected chi connectivity index (χ1v) is 10.1. The first-order valence-electron chi connectivity index (χ1n) is 10.1. The van der Waals surface area contributed by atoms with E-state index in [2.05, 4.69) is 17.6 Å². The molecule has 2 rings (SSSR count). The highest BCUT2D eigenvalue weighted by molar-refractivity contribution is 5.92. The van der Waals surface area contributed by atoms with Crippen LogP contribution in [-0.4, -0.2) is 40.2 Å². The third kappa shape index (κ3) is 5.06. The van der Waals surface area contributed by atoms with Gasteiger partial charge in [-0.2, -0.15) is 0 Å². The molecule has 0 saturated carbocycles. The fourth-order valence-corrected chi connectivity index (χ4v) is 3.48. The van der Waals surface area contributed by atoms with Gasteiger partial charge in [0.25, 0.3) is 0 Å². The van der Waals surface area contributed by atoms with Gasteiger partial charge in [-0.3, -0.25) is 9.36 Å². The molecule has 1 unspecified atom stereocenters. The van der Waals surface area contributed by atoms with E-state index < -0.39 is 29.1 Å². The van der Waals surface area contributed by atoms with Crippen molar-refractivity contribution in [3.63, 3.8) is 0 Å². The van der Waals surface area contributed by atoms with Crippen LogP contribution in [0.2, 0.25) is 0 Å². The maximum Gasteiger partial charge on any atom is 0.337 e. The van der Waals surface area contributed by atoms with E-state index >= 15 is 0 Å². The SMILES string of the molecule is CCCCC(Cn1c(=O)n(C(=O)N[C@H](C(N)=O)C(C)(C)C)c2ccccc21)NC. The molecular weight excluding hydrogens is 370 g/mol. The molecule has 4 N–H and O–H groups in total. The standard InChI is InChI=1S/C21H33N5O3/c1-6-7-10-14(23-5)13-25-15-11-8-9-12-16(15)26(20(25)29)19(28)24-17(18(22)27)21(2,3)4/h8-9,11-12,14,17,23H,6-7,10,13H2,1-5H3,(H2,22,27)(H,24,28)/t14?,17-/m1/s1. The minimum absolute atomic E-state index is 0.114. The summed E-state index contributed by atoms with van der Waals surface area (Å²) >= 11 is 0. The second-order valence-corrected chi connectivity index (χ2v) is 8.50. The zero-order valence-corrected chi connectivity index (χ0v) is 18.0. The summed E-state index contributed by atoms with van der Waals surface area (Å²) in [5.41, 5.74) is 5.64. The van der Waals surface area contributed by atoms with Crippen LogP contribution in [0, 0.1) is 5.41 Å². The van der Waals surface area contributed by atoms with E-state index in [-0.39, 0.29) is 6.04 Å². The average molecular weight is 404 g/mol. The van der Waals surface area contributed by atoms with E-state index in [1.807, 2.05) is 19.2 Å². The van der Waals surface area contributed by atoms with Gasteiger partial charge >= 0.3 is 11.7 Å². The number of carbonyl (C=O) groups is 2. The fraction of sp³-hybridized carbons (Fsp3) is 0.571. The van der Waals surface area contributed by atoms with Gasteiger partial charge < -0.3 is 16.4 Å². The molecule has 0 bridgehead atoms. The molecule has 2 aromatic rings. The number of rotatable bonds is 8. The van der Waals surface area contributed by atoms with Crippen molar-refractivity contribution in [2.24, 2.45) is 11.1 Å². The number of imidazole rings is 1. The molecule has 0 radical (unpaired) electrons. The van der Waals surface area contributed by atoms with Crippen molar-refractivity contribution in [2.75, 3.05) is 7.05 Å². The number of unbranched alkanes of at least 4 members (excludes halogenated alkanes) is 1. The van der Waals surface area contributed by atoms with Crippen molar-refractivity contribution in [3.05, 3.63) is 34.7 Å². The molecule has 0 aliphatic rings. The molecule has 2 amide bonds. The minimum Gasteiger partial charge on any atom is -0.368 e. The molecule has 160 valence electrons. The molecule has 2 atom stereocenters. The molecule has 0 spiro atoms. The second kappa shape index (κ2) is 9.26. The Balaban J connectivity index is 2.47. The van der Waals surface area contributed by atoms with E-state index in [9.17, 15) is 14.4 Å². The summed E-state index contributed by atoms with van der Waals surface area (Å²) < 4.78 is 2.70. The van der Waals surface area contributed by atoms with Crippen molar-refractivity contribution in [3.8, 4) is 0 Å². The van der Waals surface area contributed by atoms with Gasteiger partial charge in [-0.15, -0.1) is 0 Å². The number of fused-ring (bicyclic) bond motifs is 1. The van der Waals surface area contributed by atoms with Crippen LogP contribution in [0.5, 0.6) is 0 Å². The van der Waals surface area contributed by atoms with Gasteiger partial charge in [-0.1, -0.05) is 52.7 Å². The number of nitrogens with one attached hydrogen (secondary N) is 2. The lowest BCUT2D eigenvalue weighted by atomic mass is 9.86. The number of nitrogens with two attached hydrogens (primary N) is 1. The number of primary amides is 1. The lowest BCUT2D eigenvalue weighted by Gasteiger charge is -2.28. The highest BCUT2D eigenvalue weighted by Crippen LogP contribution is 2.20. The molecule has 0 fully saturated rings. The lowest BCUT2D eigenvalue weighted by Crippen LogP contribution is -2.54.